The minimum Gasteiger partial charge on any atom is -0.454 e. The van der Waals surface area contributed by atoms with Crippen LogP contribution in [0, 0.1) is 13.8 Å². The van der Waals surface area contributed by atoms with Crippen LogP contribution in [0.15, 0.2) is 42.5 Å². The largest absolute Gasteiger partial charge is 0.454 e. The Bertz CT molecular complexity index is 1100. The fourth-order valence-corrected chi connectivity index (χ4v) is 3.57. The zero-order valence-electron chi connectivity index (χ0n) is 15.5. The van der Waals surface area contributed by atoms with Gasteiger partial charge in [0.05, 0.1) is 16.8 Å². The zero-order chi connectivity index (χ0) is 19.1. The number of ether oxygens (including phenoxy) is 1. The molecule has 1 aliphatic rings. The predicted octanol–water partition coefficient (Wildman–Crippen LogP) is 4.56. The minimum absolute atomic E-state index is 0.348. The van der Waals surface area contributed by atoms with Gasteiger partial charge in [0.25, 0.3) is 11.8 Å². The number of imide groups is 1. The van der Waals surface area contributed by atoms with Gasteiger partial charge in [-0.05, 0) is 37.8 Å². The normalized spacial score (nSPS) is 12.9. The van der Waals surface area contributed by atoms with E-state index >= 15 is 0 Å². The van der Waals surface area contributed by atoms with Crippen LogP contribution in [0.25, 0.3) is 10.8 Å². The van der Waals surface area contributed by atoms with E-state index in [9.17, 15) is 9.59 Å². The Hall–Kier alpha value is -3.34. The highest BCUT2D eigenvalue weighted by molar-refractivity contribution is 6.30. The van der Waals surface area contributed by atoms with Gasteiger partial charge < -0.3 is 10.1 Å². The molecule has 4 rings (SSSR count). The van der Waals surface area contributed by atoms with E-state index in [2.05, 4.69) is 10.6 Å². The van der Waals surface area contributed by atoms with Gasteiger partial charge in [-0.25, -0.2) is 0 Å². The first-order valence-corrected chi connectivity index (χ1v) is 8.94. The van der Waals surface area contributed by atoms with E-state index in [0.717, 1.165) is 22.3 Å². The monoisotopic (exact) mass is 360 g/mol. The number of carbonyl (C=O) groups excluding carboxylic acids is 2. The number of hydrogen-bond donors (Lipinski definition) is 2. The van der Waals surface area contributed by atoms with E-state index in [-0.39, 0.29) is 5.91 Å². The standard InChI is InChI=1S/C22H20N2O3/c1-4-23-19-18-17(21(25)24-22(18)26)14-7-5-6-8-15(14)20(19)27-16-10-9-12(2)11-13(16)3/h5-11,23H,4H2,1-3H3,(H,24,25,26). The number of carbonyl (C=O) groups is 2. The van der Waals surface area contributed by atoms with Crippen molar-refractivity contribution in [3.8, 4) is 11.5 Å². The van der Waals surface area contributed by atoms with E-state index < -0.39 is 5.91 Å². The first kappa shape index (κ1) is 17.1. The molecule has 5 nitrogen and oxygen atoms in total. The Kier molecular flexibility index (Phi) is 4.07. The van der Waals surface area contributed by atoms with Gasteiger partial charge in [0.2, 0.25) is 0 Å². The molecule has 0 spiro atoms. The van der Waals surface area contributed by atoms with Crippen molar-refractivity contribution in [3.05, 3.63) is 64.7 Å². The van der Waals surface area contributed by atoms with Crippen LogP contribution in [0.4, 0.5) is 5.69 Å². The Morgan fingerprint density at radius 1 is 0.963 bits per heavy atom. The lowest BCUT2D eigenvalue weighted by Gasteiger charge is -2.19. The Balaban J connectivity index is 2.03. The summed E-state index contributed by atoms with van der Waals surface area (Å²) in [5.74, 6) is 0.503. The molecule has 0 fully saturated rings. The lowest BCUT2D eigenvalue weighted by Crippen LogP contribution is -2.20. The van der Waals surface area contributed by atoms with Crippen molar-refractivity contribution in [2.24, 2.45) is 0 Å². The molecule has 0 aromatic heterocycles. The van der Waals surface area contributed by atoms with Crippen molar-refractivity contribution in [3.63, 3.8) is 0 Å². The maximum Gasteiger partial charge on any atom is 0.261 e. The highest BCUT2D eigenvalue weighted by Gasteiger charge is 2.34. The second-order valence-electron chi connectivity index (χ2n) is 6.68. The third-order valence-corrected chi connectivity index (χ3v) is 4.75. The first-order chi connectivity index (χ1) is 13.0. The first-order valence-electron chi connectivity index (χ1n) is 8.94. The summed E-state index contributed by atoms with van der Waals surface area (Å²) >= 11 is 0. The van der Waals surface area contributed by atoms with E-state index in [0.29, 0.717) is 34.5 Å². The van der Waals surface area contributed by atoms with Crippen LogP contribution in [0.3, 0.4) is 0 Å². The summed E-state index contributed by atoms with van der Waals surface area (Å²) in [7, 11) is 0. The van der Waals surface area contributed by atoms with E-state index in [1.165, 1.54) is 0 Å². The number of nitrogens with one attached hydrogen (secondary N) is 2. The molecule has 5 heteroatoms. The van der Waals surface area contributed by atoms with Crippen LogP contribution in [0.5, 0.6) is 11.5 Å². The number of amides is 2. The van der Waals surface area contributed by atoms with E-state index in [1.807, 2.05) is 63.2 Å². The summed E-state index contributed by atoms with van der Waals surface area (Å²) < 4.78 is 6.32. The molecular formula is C22H20N2O3. The second-order valence-corrected chi connectivity index (χ2v) is 6.68. The lowest BCUT2D eigenvalue weighted by atomic mass is 9.97. The molecule has 2 amide bonds. The van der Waals surface area contributed by atoms with Crippen LogP contribution in [0.2, 0.25) is 0 Å². The average molecular weight is 360 g/mol. The van der Waals surface area contributed by atoms with Crippen LogP contribution < -0.4 is 15.4 Å². The van der Waals surface area contributed by atoms with Crippen molar-refractivity contribution in [2.45, 2.75) is 20.8 Å². The van der Waals surface area contributed by atoms with Crippen molar-refractivity contribution >= 4 is 28.3 Å². The average Bonchev–Trinajstić information content (AvgIpc) is 2.94. The van der Waals surface area contributed by atoms with Gasteiger partial charge in [-0.15, -0.1) is 0 Å². The maximum atomic E-state index is 12.5. The van der Waals surface area contributed by atoms with Gasteiger partial charge in [-0.3, -0.25) is 14.9 Å². The molecule has 0 radical (unpaired) electrons. The van der Waals surface area contributed by atoms with Gasteiger partial charge in [0.15, 0.2) is 5.75 Å². The smallest absolute Gasteiger partial charge is 0.261 e. The molecule has 136 valence electrons. The molecule has 27 heavy (non-hydrogen) atoms. The molecule has 0 saturated heterocycles. The highest BCUT2D eigenvalue weighted by Crippen LogP contribution is 2.44. The lowest BCUT2D eigenvalue weighted by molar-refractivity contribution is 0.0880. The summed E-state index contributed by atoms with van der Waals surface area (Å²) in [6.07, 6.45) is 0. The fraction of sp³-hybridized carbons (Fsp3) is 0.182. The number of anilines is 1. The molecule has 1 aliphatic heterocycles. The molecule has 1 heterocycles. The second kappa shape index (κ2) is 6.43. The number of aryl methyl sites for hydroxylation is 2. The van der Waals surface area contributed by atoms with Crippen molar-refractivity contribution < 1.29 is 14.3 Å². The van der Waals surface area contributed by atoms with Gasteiger partial charge in [-0.2, -0.15) is 0 Å². The van der Waals surface area contributed by atoms with Crippen LogP contribution >= 0.6 is 0 Å². The molecule has 0 aliphatic carbocycles. The van der Waals surface area contributed by atoms with Crippen molar-refractivity contribution in [1.29, 1.82) is 0 Å². The van der Waals surface area contributed by atoms with E-state index in [4.69, 9.17) is 4.74 Å². The molecule has 3 aromatic rings. The quantitative estimate of drug-likeness (QED) is 0.669. The highest BCUT2D eigenvalue weighted by atomic mass is 16.5. The Morgan fingerprint density at radius 2 is 1.67 bits per heavy atom. The maximum absolute atomic E-state index is 12.5. The van der Waals surface area contributed by atoms with Crippen molar-refractivity contribution in [2.75, 3.05) is 11.9 Å². The molecule has 0 unspecified atom stereocenters. The van der Waals surface area contributed by atoms with Crippen molar-refractivity contribution in [1.82, 2.24) is 5.32 Å². The van der Waals surface area contributed by atoms with Gasteiger partial charge in [0.1, 0.15) is 5.75 Å². The minimum atomic E-state index is -0.401. The number of hydrogen-bond acceptors (Lipinski definition) is 4. The third-order valence-electron chi connectivity index (χ3n) is 4.75. The topological polar surface area (TPSA) is 67.4 Å². The predicted molar refractivity (Wildman–Crippen MR) is 106 cm³/mol. The SMILES string of the molecule is CCNc1c2c(c3ccccc3c1Oc1ccc(C)cc1C)C(=O)NC2=O. The van der Waals surface area contributed by atoms with Gasteiger partial charge >= 0.3 is 0 Å². The summed E-state index contributed by atoms with van der Waals surface area (Å²) in [5.41, 5.74) is 3.45. The number of fused-ring (bicyclic) bond motifs is 3. The number of benzene rings is 3. The summed E-state index contributed by atoms with van der Waals surface area (Å²) in [5, 5.41) is 7.14. The van der Waals surface area contributed by atoms with E-state index in [1.54, 1.807) is 0 Å². The third kappa shape index (κ3) is 2.72. The molecule has 0 atom stereocenters. The fourth-order valence-electron chi connectivity index (χ4n) is 3.57. The molecule has 2 N–H and O–H groups in total. The van der Waals surface area contributed by atoms with Gasteiger partial charge in [-0.1, -0.05) is 42.0 Å². The molecule has 0 saturated carbocycles. The summed E-state index contributed by atoms with van der Waals surface area (Å²) in [4.78, 5) is 24.9. The van der Waals surface area contributed by atoms with Crippen LogP contribution in [-0.4, -0.2) is 18.4 Å². The molecule has 3 aromatic carbocycles. The zero-order valence-corrected chi connectivity index (χ0v) is 15.5. The number of rotatable bonds is 4. The molecule has 0 bridgehead atoms. The Labute approximate surface area is 157 Å². The summed E-state index contributed by atoms with van der Waals surface area (Å²) in [6, 6.07) is 13.5. The van der Waals surface area contributed by atoms with Gasteiger partial charge in [0, 0.05) is 11.9 Å². The van der Waals surface area contributed by atoms with Crippen LogP contribution in [0.1, 0.15) is 38.8 Å². The Morgan fingerprint density at radius 3 is 2.37 bits per heavy atom. The molecular weight excluding hydrogens is 340 g/mol. The summed E-state index contributed by atoms with van der Waals surface area (Å²) in [6.45, 7) is 6.55. The van der Waals surface area contributed by atoms with Crippen LogP contribution in [-0.2, 0) is 0 Å².